The van der Waals surface area contributed by atoms with Gasteiger partial charge in [-0.15, -0.1) is 0 Å². The summed E-state index contributed by atoms with van der Waals surface area (Å²) in [5, 5.41) is 9.83. The van der Waals surface area contributed by atoms with Gasteiger partial charge in [-0.2, -0.15) is 13.2 Å². The number of hydrogen-bond acceptors (Lipinski definition) is 4. The summed E-state index contributed by atoms with van der Waals surface area (Å²) in [4.78, 5) is 3.40. The molecule has 0 spiro atoms. The van der Waals surface area contributed by atoms with Crippen LogP contribution in [0.2, 0.25) is 0 Å². The summed E-state index contributed by atoms with van der Waals surface area (Å²) in [5.41, 5.74) is 2.85. The molecule has 0 bridgehead atoms. The number of aromatic hydroxyl groups is 1. The molecule has 176 valence electrons. The van der Waals surface area contributed by atoms with Crippen molar-refractivity contribution in [1.29, 1.82) is 0 Å². The first kappa shape index (κ1) is 24.3. The summed E-state index contributed by atoms with van der Waals surface area (Å²) in [7, 11) is 1.44. The molecular formula is C24H30F4N2O2. The smallest absolute Gasteiger partial charge is 0.401 e. The number of phenols is 1. The molecule has 0 radical (unpaired) electrons. The van der Waals surface area contributed by atoms with Crippen LogP contribution in [0.3, 0.4) is 0 Å². The zero-order valence-electron chi connectivity index (χ0n) is 18.2. The highest BCUT2D eigenvalue weighted by molar-refractivity contribution is 5.39. The lowest BCUT2D eigenvalue weighted by molar-refractivity contribution is -0.142. The highest BCUT2D eigenvalue weighted by Gasteiger charge is 2.29. The SMILES string of the molecule is CN(CCc1cc(O)ccc1Cc1ccc(OCCN2CC(CF)C2)cc1)CC(F)(F)F. The van der Waals surface area contributed by atoms with Crippen molar-refractivity contribution in [3.8, 4) is 11.5 Å². The molecule has 1 fully saturated rings. The first-order chi connectivity index (χ1) is 15.2. The number of nitrogens with zero attached hydrogens (tertiary/aromatic N) is 2. The predicted molar refractivity (Wildman–Crippen MR) is 116 cm³/mol. The van der Waals surface area contributed by atoms with Crippen LogP contribution in [0, 0.1) is 5.92 Å². The van der Waals surface area contributed by atoms with Crippen LogP contribution in [-0.2, 0) is 12.8 Å². The van der Waals surface area contributed by atoms with Gasteiger partial charge in [0.2, 0.25) is 0 Å². The van der Waals surface area contributed by atoms with Crippen LogP contribution < -0.4 is 4.74 Å². The lowest BCUT2D eigenvalue weighted by atomic mass is 9.97. The van der Waals surface area contributed by atoms with E-state index in [1.54, 1.807) is 12.1 Å². The Morgan fingerprint density at radius 1 is 1.09 bits per heavy atom. The second-order valence-corrected chi connectivity index (χ2v) is 8.51. The van der Waals surface area contributed by atoms with Crippen LogP contribution in [0.15, 0.2) is 42.5 Å². The van der Waals surface area contributed by atoms with E-state index in [1.165, 1.54) is 11.9 Å². The maximum Gasteiger partial charge on any atom is 0.401 e. The molecule has 32 heavy (non-hydrogen) atoms. The molecule has 2 aromatic rings. The molecular weight excluding hydrogens is 424 g/mol. The van der Waals surface area contributed by atoms with Crippen molar-refractivity contribution in [2.24, 2.45) is 5.92 Å². The topological polar surface area (TPSA) is 35.9 Å². The molecule has 1 heterocycles. The summed E-state index contributed by atoms with van der Waals surface area (Å²) in [5.74, 6) is 1.03. The number of ether oxygens (including phenoxy) is 1. The Bertz CT molecular complexity index is 852. The van der Waals surface area contributed by atoms with Gasteiger partial charge in [0.25, 0.3) is 0 Å². The lowest BCUT2D eigenvalue weighted by Crippen LogP contribution is -2.49. The Morgan fingerprint density at radius 3 is 2.47 bits per heavy atom. The third-order valence-corrected chi connectivity index (χ3v) is 5.65. The van der Waals surface area contributed by atoms with E-state index in [1.807, 2.05) is 30.3 Å². The quantitative estimate of drug-likeness (QED) is 0.514. The second-order valence-electron chi connectivity index (χ2n) is 8.51. The van der Waals surface area contributed by atoms with Crippen LogP contribution in [0.25, 0.3) is 0 Å². The molecule has 1 aliphatic heterocycles. The normalized spacial score (nSPS) is 15.2. The van der Waals surface area contributed by atoms with Crippen LogP contribution in [0.4, 0.5) is 17.6 Å². The van der Waals surface area contributed by atoms with Crippen molar-refractivity contribution in [3.05, 3.63) is 59.2 Å². The Morgan fingerprint density at radius 2 is 1.81 bits per heavy atom. The Hall–Kier alpha value is -2.32. The van der Waals surface area contributed by atoms with Gasteiger partial charge in [-0.3, -0.25) is 14.2 Å². The van der Waals surface area contributed by atoms with Gasteiger partial charge in [0.1, 0.15) is 18.1 Å². The molecule has 1 saturated heterocycles. The predicted octanol–water partition coefficient (Wildman–Crippen LogP) is 4.30. The van der Waals surface area contributed by atoms with Crippen molar-refractivity contribution in [2.45, 2.75) is 19.0 Å². The van der Waals surface area contributed by atoms with E-state index >= 15 is 0 Å². The van der Waals surface area contributed by atoms with Crippen LogP contribution in [0.1, 0.15) is 16.7 Å². The Labute approximate surface area is 186 Å². The van der Waals surface area contributed by atoms with Crippen molar-refractivity contribution in [1.82, 2.24) is 9.80 Å². The third-order valence-electron chi connectivity index (χ3n) is 5.65. The first-order valence-corrected chi connectivity index (χ1v) is 10.8. The molecule has 0 aromatic heterocycles. The van der Waals surface area contributed by atoms with Gasteiger partial charge < -0.3 is 9.84 Å². The summed E-state index contributed by atoms with van der Waals surface area (Å²) in [6.45, 7) is 1.93. The second kappa shape index (κ2) is 11.0. The third kappa shape index (κ3) is 7.67. The van der Waals surface area contributed by atoms with Crippen molar-refractivity contribution < 1.29 is 27.4 Å². The van der Waals surface area contributed by atoms with E-state index in [-0.39, 0.29) is 24.9 Å². The van der Waals surface area contributed by atoms with Crippen molar-refractivity contribution >= 4 is 0 Å². The number of halogens is 4. The van der Waals surface area contributed by atoms with E-state index in [2.05, 4.69) is 4.90 Å². The average molecular weight is 455 g/mol. The number of phenolic OH excluding ortho intramolecular Hbond substituents is 1. The largest absolute Gasteiger partial charge is 0.508 e. The van der Waals surface area contributed by atoms with Gasteiger partial charge >= 0.3 is 6.18 Å². The van der Waals surface area contributed by atoms with E-state index in [4.69, 9.17) is 4.74 Å². The number of hydrogen-bond donors (Lipinski definition) is 1. The minimum atomic E-state index is -4.23. The highest BCUT2D eigenvalue weighted by atomic mass is 19.4. The Kier molecular flexibility index (Phi) is 8.37. The fourth-order valence-electron chi connectivity index (χ4n) is 3.89. The van der Waals surface area contributed by atoms with Crippen LogP contribution in [0.5, 0.6) is 11.5 Å². The number of benzene rings is 2. The summed E-state index contributed by atoms with van der Waals surface area (Å²) >= 11 is 0. The molecule has 0 amide bonds. The fraction of sp³-hybridized carbons (Fsp3) is 0.500. The van der Waals surface area contributed by atoms with Gasteiger partial charge in [-0.25, -0.2) is 0 Å². The zero-order chi connectivity index (χ0) is 23.1. The standard InChI is InChI=1S/C24H30F4N2O2/c1-29(17-24(26,27)28)9-8-21-13-22(31)5-4-20(21)12-18-2-6-23(7-3-18)32-11-10-30-15-19(14-25)16-30/h2-7,13,19,31H,8-12,14-17H2,1H3. The summed E-state index contributed by atoms with van der Waals surface area (Å²) < 4.78 is 55.9. The zero-order valence-corrected chi connectivity index (χ0v) is 18.2. The first-order valence-electron chi connectivity index (χ1n) is 10.8. The fourth-order valence-corrected chi connectivity index (χ4v) is 3.89. The van der Waals surface area contributed by atoms with Gasteiger partial charge in [0.15, 0.2) is 0 Å². The minimum Gasteiger partial charge on any atom is -0.508 e. The molecule has 3 rings (SSSR count). The molecule has 4 nitrogen and oxygen atoms in total. The molecule has 1 N–H and O–H groups in total. The molecule has 0 aliphatic carbocycles. The van der Waals surface area contributed by atoms with Crippen molar-refractivity contribution in [3.63, 3.8) is 0 Å². The lowest BCUT2D eigenvalue weighted by Gasteiger charge is -2.37. The average Bonchev–Trinajstić information content (AvgIpc) is 2.69. The van der Waals surface area contributed by atoms with Gasteiger partial charge in [-0.1, -0.05) is 18.2 Å². The molecule has 1 aliphatic rings. The van der Waals surface area contributed by atoms with Crippen LogP contribution >= 0.6 is 0 Å². The van der Waals surface area contributed by atoms with E-state index in [9.17, 15) is 22.7 Å². The maximum atomic E-state index is 12.6. The molecule has 2 aromatic carbocycles. The van der Waals surface area contributed by atoms with E-state index < -0.39 is 12.7 Å². The molecule has 0 unspecified atom stereocenters. The summed E-state index contributed by atoms with van der Waals surface area (Å²) in [6, 6.07) is 12.8. The monoisotopic (exact) mass is 454 g/mol. The Balaban J connectivity index is 1.51. The maximum absolute atomic E-state index is 12.6. The van der Waals surface area contributed by atoms with Crippen LogP contribution in [-0.4, -0.2) is 74.1 Å². The number of likely N-dealkylation sites (tertiary alicyclic amines) is 1. The highest BCUT2D eigenvalue weighted by Crippen LogP contribution is 2.23. The molecule has 0 saturated carbocycles. The van der Waals surface area contributed by atoms with Gasteiger partial charge in [0, 0.05) is 32.1 Å². The van der Waals surface area contributed by atoms with Gasteiger partial charge in [0.05, 0.1) is 13.2 Å². The molecule has 8 heteroatoms. The van der Waals surface area contributed by atoms with E-state index in [0.717, 1.165) is 42.1 Å². The number of rotatable bonds is 11. The van der Waals surface area contributed by atoms with Gasteiger partial charge in [-0.05, 0) is 60.8 Å². The number of likely N-dealkylation sites (N-methyl/N-ethyl adjacent to an activating group) is 1. The van der Waals surface area contributed by atoms with E-state index in [0.29, 0.717) is 19.4 Å². The molecule has 0 atom stereocenters. The van der Waals surface area contributed by atoms with Crippen molar-refractivity contribution in [2.75, 3.05) is 53.1 Å². The minimum absolute atomic E-state index is 0.103. The number of alkyl halides is 4. The summed E-state index contributed by atoms with van der Waals surface area (Å²) in [6.07, 6.45) is -3.21.